The van der Waals surface area contributed by atoms with E-state index < -0.39 is 11.4 Å². The van der Waals surface area contributed by atoms with Crippen molar-refractivity contribution in [3.63, 3.8) is 0 Å². The highest BCUT2D eigenvalue weighted by Gasteiger charge is 2.42. The molecule has 1 amide bonds. The van der Waals surface area contributed by atoms with E-state index in [9.17, 15) is 14.3 Å². The van der Waals surface area contributed by atoms with Crippen LogP contribution >= 0.6 is 0 Å². The summed E-state index contributed by atoms with van der Waals surface area (Å²) in [6, 6.07) is 4.11. The molecule has 1 unspecified atom stereocenters. The van der Waals surface area contributed by atoms with E-state index in [0.717, 1.165) is 0 Å². The van der Waals surface area contributed by atoms with Crippen molar-refractivity contribution >= 4 is 5.91 Å². The zero-order valence-electron chi connectivity index (χ0n) is 14.4. The number of halogens is 1. The van der Waals surface area contributed by atoms with Gasteiger partial charge in [-0.25, -0.2) is 9.07 Å². The van der Waals surface area contributed by atoms with Crippen molar-refractivity contribution in [3.05, 3.63) is 41.5 Å². The molecule has 1 saturated heterocycles. The molecule has 0 aliphatic carbocycles. The van der Waals surface area contributed by atoms with Crippen LogP contribution in [0.5, 0.6) is 5.75 Å². The number of rotatable bonds is 4. The summed E-state index contributed by atoms with van der Waals surface area (Å²) in [5.74, 6) is -0.798. The van der Waals surface area contributed by atoms with Gasteiger partial charge in [0, 0.05) is 24.6 Å². The molecular weight excluding hydrogens is 327 g/mol. The molecule has 1 atom stereocenters. The molecule has 1 fully saturated rings. The molecule has 1 N–H and O–H groups in total. The Morgan fingerprint density at radius 2 is 2.20 bits per heavy atom. The third-order valence-electron chi connectivity index (χ3n) is 4.45. The fourth-order valence-electron chi connectivity index (χ4n) is 2.89. The molecule has 1 aromatic carbocycles. The Hall–Kier alpha value is -2.48. The fraction of sp³-hybridized carbons (Fsp3) is 0.471. The number of carbonyl (C=O) groups is 1. The van der Waals surface area contributed by atoms with Gasteiger partial charge in [0.05, 0.1) is 19.9 Å². The highest BCUT2D eigenvalue weighted by molar-refractivity contribution is 5.94. The molecule has 2 heterocycles. The fourth-order valence-corrected chi connectivity index (χ4v) is 2.89. The third-order valence-corrected chi connectivity index (χ3v) is 4.45. The van der Waals surface area contributed by atoms with Gasteiger partial charge in [-0.2, -0.15) is 0 Å². The first kappa shape index (κ1) is 17.3. The molecular formula is C17H21FN4O3. The first-order valence-electron chi connectivity index (χ1n) is 8.11. The monoisotopic (exact) mass is 348 g/mol. The number of ether oxygens (including phenoxy) is 1. The zero-order valence-corrected chi connectivity index (χ0v) is 14.4. The van der Waals surface area contributed by atoms with Gasteiger partial charge >= 0.3 is 0 Å². The number of hydrogen-bond donors (Lipinski definition) is 1. The Kier molecular flexibility index (Phi) is 4.47. The largest absolute Gasteiger partial charge is 0.494 e. The Labute approximate surface area is 145 Å². The van der Waals surface area contributed by atoms with Gasteiger partial charge in [0.1, 0.15) is 11.3 Å². The summed E-state index contributed by atoms with van der Waals surface area (Å²) < 4.78 is 20.1. The Balaban J connectivity index is 1.78. The maximum Gasteiger partial charge on any atom is 0.254 e. The molecule has 0 bridgehead atoms. The van der Waals surface area contributed by atoms with Crippen molar-refractivity contribution in [2.24, 2.45) is 0 Å². The number of benzene rings is 1. The molecule has 134 valence electrons. The van der Waals surface area contributed by atoms with E-state index in [1.54, 1.807) is 10.9 Å². The molecule has 1 aliphatic rings. The van der Waals surface area contributed by atoms with E-state index in [4.69, 9.17) is 4.74 Å². The minimum atomic E-state index is -1.23. The number of amides is 1. The molecule has 25 heavy (non-hydrogen) atoms. The normalized spacial score (nSPS) is 20.3. The molecule has 0 saturated carbocycles. The summed E-state index contributed by atoms with van der Waals surface area (Å²) in [5, 5.41) is 18.9. The summed E-state index contributed by atoms with van der Waals surface area (Å²) >= 11 is 0. The van der Waals surface area contributed by atoms with E-state index >= 15 is 0 Å². The van der Waals surface area contributed by atoms with Crippen LogP contribution in [0.4, 0.5) is 4.39 Å². The molecule has 0 radical (unpaired) electrons. The quantitative estimate of drug-likeness (QED) is 0.910. The van der Waals surface area contributed by atoms with E-state index in [2.05, 4.69) is 10.3 Å². The minimum absolute atomic E-state index is 0.0141. The van der Waals surface area contributed by atoms with Crippen LogP contribution < -0.4 is 4.74 Å². The molecule has 3 rings (SSSR count). The van der Waals surface area contributed by atoms with E-state index in [1.807, 2.05) is 13.8 Å². The number of methoxy groups -OCH3 is 1. The standard InChI is InChI=1S/C17H21FN4O3/c1-11(2)22-9-15(19-20-22)17(24)6-7-21(10-17)16(23)12-4-5-13(18)14(8-12)25-3/h4-5,8-9,11,24H,6-7,10H2,1-3H3. The van der Waals surface area contributed by atoms with Gasteiger partial charge in [-0.15, -0.1) is 5.10 Å². The lowest BCUT2D eigenvalue weighted by Gasteiger charge is -2.21. The average molecular weight is 348 g/mol. The summed E-state index contributed by atoms with van der Waals surface area (Å²) in [6.07, 6.45) is 2.08. The topological polar surface area (TPSA) is 80.5 Å². The summed E-state index contributed by atoms with van der Waals surface area (Å²) in [5.41, 5.74) is -0.464. The van der Waals surface area contributed by atoms with Crippen molar-refractivity contribution in [2.45, 2.75) is 31.9 Å². The number of likely N-dealkylation sites (tertiary alicyclic amines) is 1. The number of hydrogen-bond acceptors (Lipinski definition) is 5. The first-order chi connectivity index (χ1) is 11.8. The lowest BCUT2D eigenvalue weighted by molar-refractivity contribution is 0.0381. The molecule has 1 aliphatic heterocycles. The molecule has 1 aromatic heterocycles. The minimum Gasteiger partial charge on any atom is -0.494 e. The summed E-state index contributed by atoms with van der Waals surface area (Å²) in [7, 11) is 1.35. The third kappa shape index (κ3) is 3.21. The number of nitrogens with zero attached hydrogens (tertiary/aromatic N) is 4. The lowest BCUT2D eigenvalue weighted by atomic mass is 10.00. The van der Waals surface area contributed by atoms with E-state index in [-0.39, 0.29) is 24.2 Å². The number of carbonyl (C=O) groups excluding carboxylic acids is 1. The highest BCUT2D eigenvalue weighted by Crippen LogP contribution is 2.32. The van der Waals surface area contributed by atoms with Gasteiger partial charge in [-0.3, -0.25) is 4.79 Å². The Morgan fingerprint density at radius 1 is 1.44 bits per heavy atom. The maximum atomic E-state index is 13.5. The van der Waals surface area contributed by atoms with Gasteiger partial charge in [-0.1, -0.05) is 5.21 Å². The van der Waals surface area contributed by atoms with Crippen molar-refractivity contribution in [1.82, 2.24) is 19.9 Å². The van der Waals surface area contributed by atoms with Gasteiger partial charge in [-0.05, 0) is 32.0 Å². The molecule has 8 heteroatoms. The second kappa shape index (κ2) is 6.44. The van der Waals surface area contributed by atoms with E-state index in [1.165, 1.54) is 30.2 Å². The summed E-state index contributed by atoms with van der Waals surface area (Å²) in [4.78, 5) is 14.2. The van der Waals surface area contributed by atoms with Crippen LogP contribution in [-0.4, -0.2) is 51.1 Å². The van der Waals surface area contributed by atoms with Crippen molar-refractivity contribution in [2.75, 3.05) is 20.2 Å². The predicted molar refractivity (Wildman–Crippen MR) is 87.8 cm³/mol. The maximum absolute atomic E-state index is 13.5. The van der Waals surface area contributed by atoms with Crippen LogP contribution in [0.15, 0.2) is 24.4 Å². The van der Waals surface area contributed by atoms with Crippen LogP contribution in [0.25, 0.3) is 0 Å². The van der Waals surface area contributed by atoms with Crippen molar-refractivity contribution < 1.29 is 19.0 Å². The van der Waals surface area contributed by atoms with Gasteiger partial charge in [0.15, 0.2) is 11.6 Å². The zero-order chi connectivity index (χ0) is 18.2. The van der Waals surface area contributed by atoms with Crippen LogP contribution in [0.1, 0.15) is 42.4 Å². The predicted octanol–water partition coefficient (Wildman–Crippen LogP) is 1.74. The van der Waals surface area contributed by atoms with Gasteiger partial charge in [0.2, 0.25) is 0 Å². The number of β-amino-alcohol motifs (C(OH)–C–C–N with tert-alkyl or cyclic N) is 1. The average Bonchev–Trinajstić information content (AvgIpc) is 3.23. The van der Waals surface area contributed by atoms with E-state index in [0.29, 0.717) is 24.2 Å². The number of aliphatic hydroxyl groups is 1. The Morgan fingerprint density at radius 3 is 2.84 bits per heavy atom. The summed E-state index contributed by atoms with van der Waals surface area (Å²) in [6.45, 7) is 4.43. The van der Waals surface area contributed by atoms with Crippen molar-refractivity contribution in [3.8, 4) is 5.75 Å². The molecule has 2 aromatic rings. The number of aromatic nitrogens is 3. The molecule has 7 nitrogen and oxygen atoms in total. The first-order valence-corrected chi connectivity index (χ1v) is 8.11. The lowest BCUT2D eigenvalue weighted by Crippen LogP contribution is -2.34. The van der Waals surface area contributed by atoms with Crippen LogP contribution in [0.2, 0.25) is 0 Å². The van der Waals surface area contributed by atoms with Gasteiger partial charge < -0.3 is 14.7 Å². The van der Waals surface area contributed by atoms with Gasteiger partial charge in [0.25, 0.3) is 5.91 Å². The van der Waals surface area contributed by atoms with Crippen molar-refractivity contribution in [1.29, 1.82) is 0 Å². The smallest absolute Gasteiger partial charge is 0.254 e. The SMILES string of the molecule is COc1cc(C(=O)N2CCC(O)(c3cn(C(C)C)nn3)C2)ccc1F. The van der Waals surface area contributed by atoms with Crippen LogP contribution in [-0.2, 0) is 5.60 Å². The highest BCUT2D eigenvalue weighted by atomic mass is 19.1. The second-order valence-corrected chi connectivity index (χ2v) is 6.54. The Bertz CT molecular complexity index is 792. The van der Waals surface area contributed by atoms with Crippen LogP contribution in [0, 0.1) is 5.82 Å². The second-order valence-electron chi connectivity index (χ2n) is 6.54. The molecule has 0 spiro atoms. The van der Waals surface area contributed by atoms with Crippen LogP contribution in [0.3, 0.4) is 0 Å².